The van der Waals surface area contributed by atoms with Crippen molar-refractivity contribution in [3.63, 3.8) is 0 Å². The molecule has 1 atom stereocenters. The summed E-state index contributed by atoms with van der Waals surface area (Å²) in [6.45, 7) is 11.4. The van der Waals surface area contributed by atoms with Crippen LogP contribution >= 0.6 is 0 Å². The van der Waals surface area contributed by atoms with Gasteiger partial charge in [-0.05, 0) is 33.6 Å². The van der Waals surface area contributed by atoms with E-state index in [1.165, 1.54) is 4.68 Å². The van der Waals surface area contributed by atoms with E-state index in [4.69, 9.17) is 4.74 Å². The minimum atomic E-state index is -0.536. The first kappa shape index (κ1) is 17.1. The number of rotatable bonds is 6. The van der Waals surface area contributed by atoms with Gasteiger partial charge in [0.05, 0.1) is 12.3 Å². The zero-order valence-corrected chi connectivity index (χ0v) is 13.5. The van der Waals surface area contributed by atoms with E-state index in [2.05, 4.69) is 15.6 Å². The number of amides is 1. The lowest BCUT2D eigenvalue weighted by molar-refractivity contribution is -0.124. The molecule has 0 aliphatic rings. The topological polar surface area (TPSA) is 86.1 Å². The zero-order valence-electron chi connectivity index (χ0n) is 13.5. The molecule has 0 saturated heterocycles. The lowest BCUT2D eigenvalue weighted by atomic mass is 10.2. The summed E-state index contributed by atoms with van der Waals surface area (Å²) in [5, 5.41) is 10.5. The fourth-order valence-electron chi connectivity index (χ4n) is 1.72. The maximum Gasteiger partial charge on any atom is 0.360 e. The number of hydrogen-bond donors (Lipinski definition) is 1. The van der Waals surface area contributed by atoms with Crippen LogP contribution in [0.1, 0.15) is 56.8 Å². The fourth-order valence-corrected chi connectivity index (χ4v) is 1.72. The molecule has 1 aromatic heterocycles. The normalized spacial score (nSPS) is 12.6. The van der Waals surface area contributed by atoms with Crippen LogP contribution in [0.3, 0.4) is 0 Å². The highest BCUT2D eigenvalue weighted by Gasteiger charge is 2.24. The molecule has 7 nitrogen and oxygen atoms in total. The van der Waals surface area contributed by atoms with Gasteiger partial charge in [0.2, 0.25) is 5.91 Å². The van der Waals surface area contributed by atoms with Gasteiger partial charge in [-0.15, -0.1) is 5.10 Å². The lowest BCUT2D eigenvalue weighted by Crippen LogP contribution is -2.36. The third kappa shape index (κ3) is 4.54. The van der Waals surface area contributed by atoms with E-state index in [9.17, 15) is 9.59 Å². The Hall–Kier alpha value is -1.92. The maximum absolute atomic E-state index is 12.0. The van der Waals surface area contributed by atoms with E-state index in [1.54, 1.807) is 13.8 Å². The second-order valence-electron chi connectivity index (χ2n) is 5.80. The van der Waals surface area contributed by atoms with E-state index >= 15 is 0 Å². The van der Waals surface area contributed by atoms with Crippen molar-refractivity contribution in [1.29, 1.82) is 0 Å². The van der Waals surface area contributed by atoms with E-state index in [-0.39, 0.29) is 23.6 Å². The number of nitrogens with zero attached hydrogens (tertiary/aromatic N) is 3. The third-order valence-electron chi connectivity index (χ3n) is 2.85. The molecule has 1 N–H and O–H groups in total. The van der Waals surface area contributed by atoms with Gasteiger partial charge in [0, 0.05) is 6.04 Å². The Kier molecular flexibility index (Phi) is 5.87. The Morgan fingerprint density at radius 1 is 1.24 bits per heavy atom. The van der Waals surface area contributed by atoms with Gasteiger partial charge >= 0.3 is 5.97 Å². The summed E-state index contributed by atoms with van der Waals surface area (Å²) < 4.78 is 6.57. The van der Waals surface area contributed by atoms with Crippen molar-refractivity contribution >= 4 is 11.9 Å². The van der Waals surface area contributed by atoms with Crippen LogP contribution < -0.4 is 5.32 Å². The van der Waals surface area contributed by atoms with E-state index in [0.717, 1.165) is 0 Å². The van der Waals surface area contributed by atoms with Gasteiger partial charge in [0.1, 0.15) is 6.04 Å². The van der Waals surface area contributed by atoms with Crippen LogP contribution in [0.15, 0.2) is 0 Å². The second kappa shape index (κ2) is 7.19. The van der Waals surface area contributed by atoms with Crippen LogP contribution in [-0.4, -0.2) is 39.5 Å². The van der Waals surface area contributed by atoms with Crippen LogP contribution in [0.4, 0.5) is 0 Å². The largest absolute Gasteiger partial charge is 0.461 e. The highest BCUT2D eigenvalue weighted by molar-refractivity contribution is 5.88. The molecular weight excluding hydrogens is 272 g/mol. The van der Waals surface area contributed by atoms with Crippen LogP contribution in [0.2, 0.25) is 0 Å². The molecule has 0 spiro atoms. The number of nitrogens with one attached hydrogen (secondary N) is 1. The van der Waals surface area contributed by atoms with Gasteiger partial charge < -0.3 is 10.1 Å². The van der Waals surface area contributed by atoms with Gasteiger partial charge in [-0.3, -0.25) is 4.79 Å². The molecule has 0 fully saturated rings. The van der Waals surface area contributed by atoms with Crippen molar-refractivity contribution in [1.82, 2.24) is 20.3 Å². The fraction of sp³-hybridized carbons (Fsp3) is 0.714. The molecular formula is C14H24N4O3. The quantitative estimate of drug-likeness (QED) is 0.804. The first-order chi connectivity index (χ1) is 9.73. The van der Waals surface area contributed by atoms with Gasteiger partial charge in [-0.1, -0.05) is 19.1 Å². The summed E-state index contributed by atoms with van der Waals surface area (Å²) in [5.74, 6) is -0.427. The number of esters is 1. The Bertz CT molecular complexity index is 508. The highest BCUT2D eigenvalue weighted by Crippen LogP contribution is 2.13. The van der Waals surface area contributed by atoms with Crippen molar-refractivity contribution in [2.24, 2.45) is 5.92 Å². The van der Waals surface area contributed by atoms with Crippen molar-refractivity contribution in [3.05, 3.63) is 11.4 Å². The molecule has 1 rings (SSSR count). The smallest absolute Gasteiger partial charge is 0.360 e. The van der Waals surface area contributed by atoms with Gasteiger partial charge in [0.25, 0.3) is 0 Å². The van der Waals surface area contributed by atoms with Gasteiger partial charge in [-0.2, -0.15) is 0 Å². The Morgan fingerprint density at radius 3 is 2.38 bits per heavy atom. The number of carbonyl (C=O) groups excluding carboxylic acids is 2. The summed E-state index contributed by atoms with van der Waals surface area (Å²) in [6.07, 6.45) is 0. The molecule has 0 aliphatic heterocycles. The Morgan fingerprint density at radius 2 is 1.86 bits per heavy atom. The van der Waals surface area contributed by atoms with Crippen molar-refractivity contribution in [2.75, 3.05) is 6.61 Å². The minimum absolute atomic E-state index is 0.0410. The molecule has 0 radical (unpaired) electrons. The predicted molar refractivity (Wildman–Crippen MR) is 77.9 cm³/mol. The predicted octanol–water partition coefficient (Wildman–Crippen LogP) is 1.48. The first-order valence-corrected chi connectivity index (χ1v) is 7.13. The van der Waals surface area contributed by atoms with E-state index < -0.39 is 12.0 Å². The van der Waals surface area contributed by atoms with Gasteiger partial charge in [0.15, 0.2) is 5.69 Å². The summed E-state index contributed by atoms with van der Waals surface area (Å²) in [7, 11) is 0. The number of aromatic nitrogens is 3. The number of carbonyl (C=O) groups is 2. The summed E-state index contributed by atoms with van der Waals surface area (Å²) in [4.78, 5) is 23.9. The molecule has 0 aliphatic carbocycles. The molecule has 0 bridgehead atoms. The molecule has 1 heterocycles. The van der Waals surface area contributed by atoms with Crippen LogP contribution in [0.25, 0.3) is 0 Å². The zero-order chi connectivity index (χ0) is 16.2. The minimum Gasteiger partial charge on any atom is -0.461 e. The van der Waals surface area contributed by atoms with Crippen LogP contribution in [0.5, 0.6) is 0 Å². The molecule has 21 heavy (non-hydrogen) atoms. The summed E-state index contributed by atoms with van der Waals surface area (Å²) in [5.41, 5.74) is 0.676. The van der Waals surface area contributed by atoms with Crippen molar-refractivity contribution in [3.8, 4) is 0 Å². The summed E-state index contributed by atoms with van der Waals surface area (Å²) in [6, 6.07) is -0.495. The highest BCUT2D eigenvalue weighted by atomic mass is 16.5. The van der Waals surface area contributed by atoms with Crippen molar-refractivity contribution < 1.29 is 14.3 Å². The Labute approximate surface area is 125 Å². The molecule has 1 unspecified atom stereocenters. The SMILES string of the molecule is Cc1c(C(=O)OCC(C)C)nnn1C(C)C(=O)NC(C)C. The molecule has 7 heteroatoms. The second-order valence-corrected chi connectivity index (χ2v) is 5.80. The summed E-state index contributed by atoms with van der Waals surface area (Å²) >= 11 is 0. The third-order valence-corrected chi connectivity index (χ3v) is 2.85. The number of ether oxygens (including phenoxy) is 1. The monoisotopic (exact) mass is 296 g/mol. The Balaban J connectivity index is 2.84. The molecule has 0 saturated carbocycles. The van der Waals surface area contributed by atoms with Crippen LogP contribution in [0, 0.1) is 12.8 Å². The number of hydrogen-bond acceptors (Lipinski definition) is 5. The van der Waals surface area contributed by atoms with Crippen LogP contribution in [-0.2, 0) is 9.53 Å². The molecule has 1 amide bonds. The molecule has 0 aromatic carbocycles. The maximum atomic E-state index is 12.0. The molecule has 1 aromatic rings. The lowest BCUT2D eigenvalue weighted by Gasteiger charge is -2.15. The van der Waals surface area contributed by atoms with Gasteiger partial charge in [-0.25, -0.2) is 9.48 Å². The van der Waals surface area contributed by atoms with Crippen molar-refractivity contribution in [2.45, 2.75) is 53.6 Å². The average Bonchev–Trinajstić information content (AvgIpc) is 2.76. The average molecular weight is 296 g/mol. The first-order valence-electron chi connectivity index (χ1n) is 7.13. The standard InChI is InChI=1S/C14H24N4O3/c1-8(2)7-21-14(20)12-10(5)18(17-16-12)11(6)13(19)15-9(3)4/h8-9,11H,7H2,1-6H3,(H,15,19). The molecule has 118 valence electrons. The van der Waals surface area contributed by atoms with E-state index in [0.29, 0.717) is 12.3 Å². The van der Waals surface area contributed by atoms with E-state index in [1.807, 2.05) is 27.7 Å².